The number of hydrogen-bond donors (Lipinski definition) is 1. The summed E-state index contributed by atoms with van der Waals surface area (Å²) in [4.78, 5) is 0. The van der Waals surface area contributed by atoms with Gasteiger partial charge < -0.3 is 10.1 Å². The fourth-order valence-corrected chi connectivity index (χ4v) is 3.13. The fourth-order valence-electron chi connectivity index (χ4n) is 2.87. The third-order valence-corrected chi connectivity index (χ3v) is 4.56. The van der Waals surface area contributed by atoms with Crippen molar-refractivity contribution in [2.24, 2.45) is 0 Å². The van der Waals surface area contributed by atoms with Crippen LogP contribution in [0.25, 0.3) is 0 Å². The van der Waals surface area contributed by atoms with Crippen LogP contribution in [0, 0.1) is 0 Å². The molecule has 1 aliphatic rings. The molecule has 3 heteroatoms. The molecule has 0 bridgehead atoms. The van der Waals surface area contributed by atoms with Crippen LogP contribution in [0.5, 0.6) is 0 Å². The zero-order chi connectivity index (χ0) is 14.5. The van der Waals surface area contributed by atoms with Gasteiger partial charge in [0.1, 0.15) is 0 Å². The van der Waals surface area contributed by atoms with Crippen molar-refractivity contribution in [1.82, 2.24) is 5.32 Å². The minimum atomic E-state index is 0.241. The highest BCUT2D eigenvalue weighted by Crippen LogP contribution is 2.28. The molecule has 0 unspecified atom stereocenters. The molecule has 0 aromatic heterocycles. The first kappa shape index (κ1) is 14.8. The molecule has 0 saturated carbocycles. The van der Waals surface area contributed by atoms with Crippen molar-refractivity contribution in [2.75, 3.05) is 13.1 Å². The van der Waals surface area contributed by atoms with E-state index < -0.39 is 0 Å². The molecule has 1 heterocycles. The number of nitrogens with one attached hydrogen (secondary N) is 1. The van der Waals surface area contributed by atoms with Gasteiger partial charge in [0.05, 0.1) is 12.7 Å². The molecule has 0 amide bonds. The van der Waals surface area contributed by atoms with E-state index in [0.717, 1.165) is 24.0 Å². The van der Waals surface area contributed by atoms with Crippen molar-refractivity contribution in [3.05, 3.63) is 70.2 Å². The molecule has 2 nitrogen and oxygen atoms in total. The number of rotatable bonds is 4. The van der Waals surface area contributed by atoms with E-state index in [1.54, 1.807) is 0 Å². The highest BCUT2D eigenvalue weighted by Gasteiger charge is 2.26. The SMILES string of the molecule is Brc1ccc(CO[C@H]2CNCC[C@@H]2c2ccccc2)cc1. The monoisotopic (exact) mass is 345 g/mol. The predicted octanol–water partition coefficient (Wildman–Crippen LogP) is 4.11. The first-order valence-corrected chi connectivity index (χ1v) is 8.24. The molecule has 1 saturated heterocycles. The first-order chi connectivity index (χ1) is 10.3. The number of benzene rings is 2. The number of piperidine rings is 1. The zero-order valence-corrected chi connectivity index (χ0v) is 13.6. The summed E-state index contributed by atoms with van der Waals surface area (Å²) < 4.78 is 7.30. The average molecular weight is 346 g/mol. The average Bonchev–Trinajstić information content (AvgIpc) is 2.55. The van der Waals surface area contributed by atoms with Crippen molar-refractivity contribution >= 4 is 15.9 Å². The topological polar surface area (TPSA) is 21.3 Å². The Morgan fingerprint density at radius 1 is 1.05 bits per heavy atom. The second-order valence-electron chi connectivity index (χ2n) is 5.49. The van der Waals surface area contributed by atoms with E-state index in [9.17, 15) is 0 Å². The van der Waals surface area contributed by atoms with E-state index in [1.807, 2.05) is 0 Å². The van der Waals surface area contributed by atoms with Crippen LogP contribution in [0.15, 0.2) is 59.1 Å². The minimum absolute atomic E-state index is 0.241. The normalized spacial score (nSPS) is 22.1. The van der Waals surface area contributed by atoms with Crippen LogP contribution in [0.4, 0.5) is 0 Å². The number of ether oxygens (including phenoxy) is 1. The maximum absolute atomic E-state index is 6.20. The molecule has 1 fully saturated rings. The summed E-state index contributed by atoms with van der Waals surface area (Å²) >= 11 is 3.46. The highest BCUT2D eigenvalue weighted by molar-refractivity contribution is 9.10. The van der Waals surface area contributed by atoms with Gasteiger partial charge in [0.2, 0.25) is 0 Å². The van der Waals surface area contributed by atoms with E-state index in [1.165, 1.54) is 11.1 Å². The molecule has 21 heavy (non-hydrogen) atoms. The summed E-state index contributed by atoms with van der Waals surface area (Å²) in [7, 11) is 0. The largest absolute Gasteiger partial charge is 0.372 e. The highest BCUT2D eigenvalue weighted by atomic mass is 79.9. The van der Waals surface area contributed by atoms with Gasteiger partial charge in [-0.1, -0.05) is 58.4 Å². The van der Waals surface area contributed by atoms with Crippen molar-refractivity contribution in [2.45, 2.75) is 25.0 Å². The smallest absolute Gasteiger partial charge is 0.0772 e. The van der Waals surface area contributed by atoms with Gasteiger partial charge in [-0.05, 0) is 36.2 Å². The summed E-state index contributed by atoms with van der Waals surface area (Å²) in [6.07, 6.45) is 1.37. The van der Waals surface area contributed by atoms with Crippen molar-refractivity contribution in [3.63, 3.8) is 0 Å². The van der Waals surface area contributed by atoms with Crippen LogP contribution in [-0.4, -0.2) is 19.2 Å². The third-order valence-electron chi connectivity index (χ3n) is 4.03. The molecule has 1 aliphatic heterocycles. The van der Waals surface area contributed by atoms with E-state index in [-0.39, 0.29) is 6.10 Å². The van der Waals surface area contributed by atoms with E-state index >= 15 is 0 Å². The Morgan fingerprint density at radius 3 is 2.57 bits per heavy atom. The molecule has 1 N–H and O–H groups in total. The summed E-state index contributed by atoms with van der Waals surface area (Å²) in [6, 6.07) is 19.1. The molecule has 0 spiro atoms. The predicted molar refractivity (Wildman–Crippen MR) is 89.4 cm³/mol. The van der Waals surface area contributed by atoms with E-state index in [2.05, 4.69) is 75.8 Å². The molecule has 0 aliphatic carbocycles. The quantitative estimate of drug-likeness (QED) is 0.900. The lowest BCUT2D eigenvalue weighted by Gasteiger charge is -2.32. The molecule has 2 aromatic rings. The van der Waals surface area contributed by atoms with Gasteiger partial charge in [0, 0.05) is 16.9 Å². The Labute approximate surface area is 134 Å². The second-order valence-corrected chi connectivity index (χ2v) is 6.40. The number of hydrogen-bond acceptors (Lipinski definition) is 2. The molecular formula is C18H20BrNO. The van der Waals surface area contributed by atoms with Crippen LogP contribution in [0.3, 0.4) is 0 Å². The lowest BCUT2D eigenvalue weighted by molar-refractivity contribution is 0.0106. The molecular weight excluding hydrogens is 326 g/mol. The van der Waals surface area contributed by atoms with Gasteiger partial charge in [-0.2, -0.15) is 0 Å². The van der Waals surface area contributed by atoms with Crippen molar-refractivity contribution < 1.29 is 4.74 Å². The fraction of sp³-hybridized carbons (Fsp3) is 0.333. The molecule has 3 rings (SSSR count). The Bertz CT molecular complexity index is 555. The van der Waals surface area contributed by atoms with Gasteiger partial charge in [-0.3, -0.25) is 0 Å². The zero-order valence-electron chi connectivity index (χ0n) is 12.0. The van der Waals surface area contributed by atoms with Crippen LogP contribution in [-0.2, 0) is 11.3 Å². The summed E-state index contributed by atoms with van der Waals surface area (Å²) in [5.74, 6) is 0.489. The van der Waals surface area contributed by atoms with Crippen LogP contribution in [0.2, 0.25) is 0 Å². The Kier molecular flexibility index (Phi) is 5.07. The third kappa shape index (κ3) is 3.94. The van der Waals surface area contributed by atoms with Crippen LogP contribution in [0.1, 0.15) is 23.5 Å². The maximum atomic E-state index is 6.20. The minimum Gasteiger partial charge on any atom is -0.372 e. The Hall–Kier alpha value is -1.16. The molecule has 2 aromatic carbocycles. The summed E-state index contributed by atoms with van der Waals surface area (Å²) in [6.45, 7) is 2.66. The van der Waals surface area contributed by atoms with E-state index in [4.69, 9.17) is 4.74 Å². The van der Waals surface area contributed by atoms with Crippen molar-refractivity contribution in [1.29, 1.82) is 0 Å². The maximum Gasteiger partial charge on any atom is 0.0772 e. The first-order valence-electron chi connectivity index (χ1n) is 7.44. The van der Waals surface area contributed by atoms with Gasteiger partial charge in [-0.25, -0.2) is 0 Å². The summed E-state index contributed by atoms with van der Waals surface area (Å²) in [5, 5.41) is 3.45. The molecule has 110 valence electrons. The summed E-state index contributed by atoms with van der Waals surface area (Å²) in [5.41, 5.74) is 2.61. The van der Waals surface area contributed by atoms with Gasteiger partial charge in [0.25, 0.3) is 0 Å². The van der Waals surface area contributed by atoms with Crippen LogP contribution >= 0.6 is 15.9 Å². The second kappa shape index (κ2) is 7.21. The lowest BCUT2D eigenvalue weighted by Crippen LogP contribution is -2.40. The Morgan fingerprint density at radius 2 is 1.81 bits per heavy atom. The van der Waals surface area contributed by atoms with Gasteiger partial charge in [-0.15, -0.1) is 0 Å². The molecule has 0 radical (unpaired) electrons. The lowest BCUT2D eigenvalue weighted by atomic mass is 9.88. The number of halogens is 1. The van der Waals surface area contributed by atoms with Gasteiger partial charge >= 0.3 is 0 Å². The molecule has 2 atom stereocenters. The van der Waals surface area contributed by atoms with Crippen molar-refractivity contribution in [3.8, 4) is 0 Å². The Balaban J connectivity index is 1.66. The van der Waals surface area contributed by atoms with E-state index in [0.29, 0.717) is 12.5 Å². The van der Waals surface area contributed by atoms with Gasteiger partial charge in [0.15, 0.2) is 0 Å². The van der Waals surface area contributed by atoms with Crippen LogP contribution < -0.4 is 5.32 Å². The standard InChI is InChI=1S/C18H20BrNO/c19-16-8-6-14(7-9-16)13-21-18-12-20-11-10-17(18)15-4-2-1-3-5-15/h1-9,17-18,20H,10-13H2/t17-,18+/m1/s1.